The second-order valence-electron chi connectivity index (χ2n) is 6.60. The first-order valence-electron chi connectivity index (χ1n) is 9.53. The maximum atomic E-state index is 12.4. The van der Waals surface area contributed by atoms with Crippen LogP contribution in [0.3, 0.4) is 0 Å². The van der Waals surface area contributed by atoms with Crippen LogP contribution in [0.2, 0.25) is 0 Å². The Balaban J connectivity index is 1.29. The van der Waals surface area contributed by atoms with Crippen molar-refractivity contribution in [2.24, 2.45) is 0 Å². The summed E-state index contributed by atoms with van der Waals surface area (Å²) in [5.74, 6) is 1.48. The van der Waals surface area contributed by atoms with E-state index in [4.69, 9.17) is 4.74 Å². The molecule has 0 aliphatic carbocycles. The Morgan fingerprint density at radius 1 is 0.848 bits per heavy atom. The lowest BCUT2D eigenvalue weighted by molar-refractivity contribution is -0.0328. The number of ether oxygens (including phenoxy) is 1. The fraction of sp³-hybridized carbons (Fsp3) is 0.0455. The van der Waals surface area contributed by atoms with Gasteiger partial charge >= 0.3 is 11.5 Å². The molecule has 2 N–H and O–H groups in total. The molecule has 168 valence electrons. The minimum Gasteiger partial charge on any atom is -0.438 e. The van der Waals surface area contributed by atoms with Gasteiger partial charge in [0.2, 0.25) is 5.88 Å². The number of benzene rings is 2. The van der Waals surface area contributed by atoms with Crippen LogP contribution in [0.15, 0.2) is 90.1 Å². The molecule has 0 aliphatic rings. The van der Waals surface area contributed by atoms with E-state index in [1.165, 1.54) is 24.3 Å². The average molecular weight is 471 g/mol. The van der Waals surface area contributed by atoms with Gasteiger partial charge in [-0.1, -0.05) is 0 Å². The molecule has 33 heavy (non-hydrogen) atoms. The summed E-state index contributed by atoms with van der Waals surface area (Å²) in [7, 11) is 0. The van der Waals surface area contributed by atoms with Crippen molar-refractivity contribution in [2.75, 3.05) is 10.6 Å². The van der Waals surface area contributed by atoms with Crippen molar-refractivity contribution >= 4 is 29.2 Å². The number of hydrogen-bond donors (Lipinski definition) is 2. The third-order valence-corrected chi connectivity index (χ3v) is 4.91. The van der Waals surface area contributed by atoms with Gasteiger partial charge in [0.1, 0.15) is 5.75 Å². The van der Waals surface area contributed by atoms with Gasteiger partial charge < -0.3 is 19.9 Å². The maximum Gasteiger partial charge on any atom is 0.446 e. The van der Waals surface area contributed by atoms with E-state index in [9.17, 15) is 18.0 Å². The number of nitrogens with zero attached hydrogens (tertiary/aromatic N) is 3. The van der Waals surface area contributed by atoms with Crippen molar-refractivity contribution in [3.63, 3.8) is 0 Å². The molecular formula is C22H16F3N5O2S. The summed E-state index contributed by atoms with van der Waals surface area (Å²) in [5.41, 5.74) is -3.50. The predicted octanol–water partition coefficient (Wildman–Crippen LogP) is 6.32. The number of rotatable bonds is 6. The number of anilines is 2. The number of hydrogen-bond acceptors (Lipinski definition) is 5. The summed E-state index contributed by atoms with van der Waals surface area (Å²) in [4.78, 5) is 12.2. The molecule has 0 atom stereocenters. The average Bonchev–Trinajstić information content (AvgIpc) is 3.31. The van der Waals surface area contributed by atoms with Crippen LogP contribution in [-0.2, 0) is 0 Å². The third kappa shape index (κ3) is 6.50. The van der Waals surface area contributed by atoms with Gasteiger partial charge in [-0.2, -0.15) is 13.2 Å². The lowest BCUT2D eigenvalue weighted by atomic mass is 10.3. The third-order valence-electron chi connectivity index (χ3n) is 4.18. The molecule has 2 aromatic carbocycles. The molecule has 7 nitrogen and oxygen atoms in total. The summed E-state index contributed by atoms with van der Waals surface area (Å²) >= 11 is -0.217. The topological polar surface area (TPSA) is 81.1 Å². The number of thioether (sulfide) groups is 1. The second kappa shape index (κ2) is 9.65. The van der Waals surface area contributed by atoms with E-state index in [-0.39, 0.29) is 16.7 Å². The minimum absolute atomic E-state index is 0.0353. The SMILES string of the molecule is O=C(Nc1ccc(Oc2ccc(-n3cccc3)nn2)cc1)Nc1ccc(SC(F)(F)F)cc1. The first-order chi connectivity index (χ1) is 15.8. The van der Waals surface area contributed by atoms with E-state index in [0.29, 0.717) is 28.8 Å². The van der Waals surface area contributed by atoms with E-state index in [0.717, 1.165) is 0 Å². The summed E-state index contributed by atoms with van der Waals surface area (Å²) in [6, 6.07) is 18.6. The number of carbonyl (C=O) groups is 1. The minimum atomic E-state index is -4.36. The van der Waals surface area contributed by atoms with Gasteiger partial charge in [-0.15, -0.1) is 10.2 Å². The standard InChI is InChI=1S/C22H16F3N5O2S/c23-22(24,25)33-18-9-5-16(6-10-18)27-21(31)26-15-3-7-17(8-4-15)32-20-12-11-19(28-29-20)30-13-1-2-14-30/h1-14H,(H2,26,27,31). The van der Waals surface area contributed by atoms with Crippen LogP contribution in [0.1, 0.15) is 0 Å². The van der Waals surface area contributed by atoms with Gasteiger partial charge in [-0.25, -0.2) is 4.79 Å². The van der Waals surface area contributed by atoms with Gasteiger partial charge in [0, 0.05) is 34.7 Å². The van der Waals surface area contributed by atoms with Crippen molar-refractivity contribution in [3.8, 4) is 17.4 Å². The van der Waals surface area contributed by atoms with Crippen LogP contribution in [-0.4, -0.2) is 26.3 Å². The zero-order valence-corrected chi connectivity index (χ0v) is 17.6. The molecule has 0 radical (unpaired) electrons. The fourth-order valence-electron chi connectivity index (χ4n) is 2.75. The van der Waals surface area contributed by atoms with Crippen molar-refractivity contribution < 1.29 is 22.7 Å². The van der Waals surface area contributed by atoms with Crippen LogP contribution < -0.4 is 15.4 Å². The first kappa shape index (κ1) is 22.2. The Hall–Kier alpha value is -3.99. The first-order valence-corrected chi connectivity index (χ1v) is 10.3. The molecular weight excluding hydrogens is 455 g/mol. The normalized spacial score (nSPS) is 11.1. The summed E-state index contributed by atoms with van der Waals surface area (Å²) in [6.07, 6.45) is 3.71. The zero-order valence-electron chi connectivity index (χ0n) is 16.8. The van der Waals surface area contributed by atoms with E-state index in [1.807, 2.05) is 29.1 Å². The van der Waals surface area contributed by atoms with Crippen molar-refractivity contribution in [1.82, 2.24) is 14.8 Å². The van der Waals surface area contributed by atoms with Gasteiger partial charge in [0.25, 0.3) is 0 Å². The van der Waals surface area contributed by atoms with E-state index in [1.54, 1.807) is 36.4 Å². The predicted molar refractivity (Wildman–Crippen MR) is 119 cm³/mol. The van der Waals surface area contributed by atoms with Crippen molar-refractivity contribution in [3.05, 3.63) is 85.2 Å². The molecule has 2 heterocycles. The Morgan fingerprint density at radius 3 is 2.00 bits per heavy atom. The van der Waals surface area contributed by atoms with Crippen LogP contribution in [0, 0.1) is 0 Å². The number of carbonyl (C=O) groups excluding carboxylic acids is 1. The second-order valence-corrected chi connectivity index (χ2v) is 7.74. The molecule has 0 saturated heterocycles. The van der Waals surface area contributed by atoms with Crippen LogP contribution >= 0.6 is 11.8 Å². The number of alkyl halides is 3. The van der Waals surface area contributed by atoms with Crippen LogP contribution in [0.5, 0.6) is 11.6 Å². The van der Waals surface area contributed by atoms with E-state index in [2.05, 4.69) is 20.8 Å². The molecule has 2 aromatic heterocycles. The molecule has 0 aliphatic heterocycles. The maximum absolute atomic E-state index is 12.4. The molecule has 0 bridgehead atoms. The van der Waals surface area contributed by atoms with Gasteiger partial charge in [0.05, 0.1) is 0 Å². The van der Waals surface area contributed by atoms with Crippen LogP contribution in [0.25, 0.3) is 5.82 Å². The Labute approximate surface area is 190 Å². The number of urea groups is 1. The molecule has 4 aromatic rings. The smallest absolute Gasteiger partial charge is 0.438 e. The number of amides is 2. The van der Waals surface area contributed by atoms with E-state index >= 15 is 0 Å². The summed E-state index contributed by atoms with van der Waals surface area (Å²) in [6.45, 7) is 0. The fourth-order valence-corrected chi connectivity index (χ4v) is 3.29. The van der Waals surface area contributed by atoms with Crippen molar-refractivity contribution in [2.45, 2.75) is 10.4 Å². The molecule has 0 fully saturated rings. The molecule has 0 unspecified atom stereocenters. The molecule has 4 rings (SSSR count). The van der Waals surface area contributed by atoms with Gasteiger partial charge in [-0.05, 0) is 78.5 Å². The largest absolute Gasteiger partial charge is 0.446 e. The highest BCUT2D eigenvalue weighted by molar-refractivity contribution is 8.00. The number of nitrogens with one attached hydrogen (secondary N) is 2. The molecule has 0 saturated carbocycles. The van der Waals surface area contributed by atoms with Crippen molar-refractivity contribution in [1.29, 1.82) is 0 Å². The Kier molecular flexibility index (Phi) is 6.50. The zero-order chi connectivity index (χ0) is 23.3. The molecule has 0 spiro atoms. The Morgan fingerprint density at radius 2 is 1.45 bits per heavy atom. The monoisotopic (exact) mass is 471 g/mol. The van der Waals surface area contributed by atoms with E-state index < -0.39 is 11.5 Å². The number of aromatic nitrogens is 3. The van der Waals surface area contributed by atoms with Gasteiger partial charge in [0.15, 0.2) is 5.82 Å². The molecule has 2 amide bonds. The quantitative estimate of drug-likeness (QED) is 0.322. The highest BCUT2D eigenvalue weighted by atomic mass is 32.2. The lowest BCUT2D eigenvalue weighted by Gasteiger charge is -2.10. The summed E-state index contributed by atoms with van der Waals surface area (Å²) < 4.78 is 44.6. The lowest BCUT2D eigenvalue weighted by Crippen LogP contribution is -2.19. The number of halogens is 3. The highest BCUT2D eigenvalue weighted by Crippen LogP contribution is 2.37. The van der Waals surface area contributed by atoms with Crippen LogP contribution in [0.4, 0.5) is 29.3 Å². The molecule has 11 heteroatoms. The van der Waals surface area contributed by atoms with Gasteiger partial charge in [-0.3, -0.25) is 0 Å². The Bertz CT molecular complexity index is 1200. The highest BCUT2D eigenvalue weighted by Gasteiger charge is 2.29. The summed E-state index contributed by atoms with van der Waals surface area (Å²) in [5, 5.41) is 13.3.